The Kier molecular flexibility index (Phi) is 4.07. The van der Waals surface area contributed by atoms with Gasteiger partial charge in [0.05, 0.1) is 10.0 Å². The molecule has 0 aliphatic heterocycles. The van der Waals surface area contributed by atoms with Crippen molar-refractivity contribution in [2.75, 3.05) is 0 Å². The van der Waals surface area contributed by atoms with Crippen LogP contribution in [0.2, 0.25) is 5.02 Å². The first-order valence-electron chi connectivity index (χ1n) is 5.24. The molecule has 0 spiro atoms. The van der Waals surface area contributed by atoms with Gasteiger partial charge in [-0.25, -0.2) is 4.39 Å². The molecular weight excluding hydrogens is 335 g/mol. The minimum absolute atomic E-state index is 0.134. The first-order valence-corrected chi connectivity index (χ1v) is 6.41. The third kappa shape index (κ3) is 3.24. The minimum atomic E-state index is -0.378. The number of nitrogen functional groups attached to an aromatic ring is 1. The van der Waals surface area contributed by atoms with Crippen LogP contribution in [0, 0.1) is 11.2 Å². The van der Waals surface area contributed by atoms with Crippen molar-refractivity contribution in [2.24, 2.45) is 5.73 Å². The van der Waals surface area contributed by atoms with E-state index < -0.39 is 0 Å². The van der Waals surface area contributed by atoms with E-state index in [1.165, 1.54) is 18.2 Å². The summed E-state index contributed by atoms with van der Waals surface area (Å²) in [6.45, 7) is 0. The van der Waals surface area contributed by atoms with Crippen molar-refractivity contribution in [2.45, 2.75) is 0 Å². The Bertz CT molecular complexity index is 649. The van der Waals surface area contributed by atoms with E-state index in [0.29, 0.717) is 26.6 Å². The Morgan fingerprint density at radius 2 is 1.95 bits per heavy atom. The van der Waals surface area contributed by atoms with Gasteiger partial charge < -0.3 is 10.5 Å². The Morgan fingerprint density at radius 1 is 1.21 bits per heavy atom. The Morgan fingerprint density at radius 3 is 2.58 bits per heavy atom. The first kappa shape index (κ1) is 13.8. The summed E-state index contributed by atoms with van der Waals surface area (Å²) < 4.78 is 19.1. The van der Waals surface area contributed by atoms with Crippen molar-refractivity contribution in [1.82, 2.24) is 0 Å². The Labute approximate surface area is 122 Å². The second-order valence-electron chi connectivity index (χ2n) is 3.73. The quantitative estimate of drug-likeness (QED) is 0.644. The molecule has 2 aromatic rings. The molecule has 0 radical (unpaired) electrons. The van der Waals surface area contributed by atoms with Crippen LogP contribution >= 0.6 is 27.5 Å². The predicted octanol–water partition coefficient (Wildman–Crippen LogP) is 4.32. The molecule has 2 rings (SSSR count). The molecule has 0 atom stereocenters. The average molecular weight is 344 g/mol. The summed E-state index contributed by atoms with van der Waals surface area (Å²) in [5.41, 5.74) is 5.89. The van der Waals surface area contributed by atoms with Gasteiger partial charge in [-0.15, -0.1) is 0 Å². The SMILES string of the molecule is N=C(N)c1ccc(Cl)cc1Oc1ccc(F)cc1Br. The third-order valence-electron chi connectivity index (χ3n) is 2.35. The monoisotopic (exact) mass is 342 g/mol. The van der Waals surface area contributed by atoms with E-state index in [4.69, 9.17) is 27.5 Å². The van der Waals surface area contributed by atoms with E-state index in [1.807, 2.05) is 0 Å². The lowest BCUT2D eigenvalue weighted by atomic mass is 10.2. The number of amidine groups is 1. The molecule has 2 aromatic carbocycles. The Hall–Kier alpha value is -1.59. The molecule has 0 aliphatic rings. The smallest absolute Gasteiger partial charge is 0.141 e. The summed E-state index contributed by atoms with van der Waals surface area (Å²) in [6.07, 6.45) is 0. The van der Waals surface area contributed by atoms with Gasteiger partial charge in [-0.05, 0) is 46.3 Å². The highest BCUT2D eigenvalue weighted by atomic mass is 79.9. The number of ether oxygens (including phenoxy) is 1. The molecule has 0 saturated carbocycles. The number of halogens is 3. The molecule has 3 N–H and O–H groups in total. The van der Waals surface area contributed by atoms with Crippen molar-refractivity contribution in [3.8, 4) is 11.5 Å². The van der Waals surface area contributed by atoms with Crippen molar-refractivity contribution < 1.29 is 9.13 Å². The van der Waals surface area contributed by atoms with E-state index in [-0.39, 0.29) is 11.7 Å². The maximum Gasteiger partial charge on any atom is 0.141 e. The lowest BCUT2D eigenvalue weighted by Gasteiger charge is -2.12. The van der Waals surface area contributed by atoms with Gasteiger partial charge in [-0.3, -0.25) is 5.41 Å². The molecule has 0 aliphatic carbocycles. The van der Waals surface area contributed by atoms with E-state index in [2.05, 4.69) is 15.9 Å². The van der Waals surface area contributed by atoms with E-state index in [1.54, 1.807) is 18.2 Å². The van der Waals surface area contributed by atoms with Gasteiger partial charge >= 0.3 is 0 Å². The van der Waals surface area contributed by atoms with E-state index in [9.17, 15) is 4.39 Å². The number of nitrogens with two attached hydrogens (primary N) is 1. The van der Waals surface area contributed by atoms with Crippen LogP contribution in [-0.2, 0) is 0 Å². The second-order valence-corrected chi connectivity index (χ2v) is 5.02. The number of nitrogens with one attached hydrogen (secondary N) is 1. The van der Waals surface area contributed by atoms with Crippen LogP contribution in [0.25, 0.3) is 0 Å². The standard InChI is InChI=1S/C13H9BrClFN2O/c14-10-6-8(16)2-4-11(10)19-12-5-7(15)1-3-9(12)13(17)18/h1-6H,(H3,17,18). The van der Waals surface area contributed by atoms with Gasteiger partial charge in [0.25, 0.3) is 0 Å². The molecule has 0 fully saturated rings. The maximum atomic E-state index is 13.0. The highest BCUT2D eigenvalue weighted by molar-refractivity contribution is 9.10. The van der Waals surface area contributed by atoms with Gasteiger partial charge in [0.15, 0.2) is 0 Å². The topological polar surface area (TPSA) is 59.1 Å². The van der Waals surface area contributed by atoms with Gasteiger partial charge in [0.1, 0.15) is 23.2 Å². The number of rotatable bonds is 3. The Balaban J connectivity index is 2.42. The molecule has 0 aromatic heterocycles. The molecule has 19 heavy (non-hydrogen) atoms. The molecular formula is C13H9BrClFN2O. The van der Waals surface area contributed by atoms with Crippen LogP contribution < -0.4 is 10.5 Å². The van der Waals surface area contributed by atoms with Crippen LogP contribution in [0.5, 0.6) is 11.5 Å². The molecule has 0 heterocycles. The zero-order chi connectivity index (χ0) is 14.0. The molecule has 0 unspecified atom stereocenters. The summed E-state index contributed by atoms with van der Waals surface area (Å²) in [5.74, 6) is 0.237. The fraction of sp³-hybridized carbons (Fsp3) is 0. The van der Waals surface area contributed by atoms with Gasteiger partial charge in [-0.1, -0.05) is 11.6 Å². The van der Waals surface area contributed by atoms with Crippen LogP contribution in [0.3, 0.4) is 0 Å². The summed E-state index contributed by atoms with van der Waals surface area (Å²) in [6, 6.07) is 8.80. The molecule has 0 amide bonds. The third-order valence-corrected chi connectivity index (χ3v) is 3.20. The lowest BCUT2D eigenvalue weighted by molar-refractivity contribution is 0.476. The predicted molar refractivity (Wildman–Crippen MR) is 76.6 cm³/mol. The van der Waals surface area contributed by atoms with Gasteiger partial charge in [0.2, 0.25) is 0 Å². The normalized spacial score (nSPS) is 10.3. The molecule has 0 saturated heterocycles. The first-order chi connectivity index (χ1) is 8.97. The number of benzene rings is 2. The lowest BCUT2D eigenvalue weighted by Crippen LogP contribution is -2.12. The minimum Gasteiger partial charge on any atom is -0.455 e. The van der Waals surface area contributed by atoms with Crippen LogP contribution in [0.1, 0.15) is 5.56 Å². The van der Waals surface area contributed by atoms with Crippen LogP contribution in [0.15, 0.2) is 40.9 Å². The summed E-state index contributed by atoms with van der Waals surface area (Å²) in [7, 11) is 0. The average Bonchev–Trinajstić information content (AvgIpc) is 2.32. The maximum absolute atomic E-state index is 13.0. The molecule has 0 bridgehead atoms. The van der Waals surface area contributed by atoms with Gasteiger partial charge in [0, 0.05) is 11.1 Å². The number of hydrogen-bond donors (Lipinski definition) is 2. The van der Waals surface area contributed by atoms with Crippen LogP contribution in [-0.4, -0.2) is 5.84 Å². The fourth-order valence-corrected chi connectivity index (χ4v) is 2.07. The zero-order valence-corrected chi connectivity index (χ0v) is 11.9. The van der Waals surface area contributed by atoms with Crippen molar-refractivity contribution in [3.05, 3.63) is 57.3 Å². The van der Waals surface area contributed by atoms with E-state index in [0.717, 1.165) is 0 Å². The highest BCUT2D eigenvalue weighted by Gasteiger charge is 2.11. The highest BCUT2D eigenvalue weighted by Crippen LogP contribution is 2.33. The summed E-state index contributed by atoms with van der Waals surface area (Å²) in [4.78, 5) is 0. The summed E-state index contributed by atoms with van der Waals surface area (Å²) >= 11 is 9.09. The molecule has 6 heteroatoms. The van der Waals surface area contributed by atoms with Crippen molar-refractivity contribution in [1.29, 1.82) is 5.41 Å². The van der Waals surface area contributed by atoms with Crippen molar-refractivity contribution in [3.63, 3.8) is 0 Å². The molecule has 98 valence electrons. The molecule has 3 nitrogen and oxygen atoms in total. The zero-order valence-electron chi connectivity index (χ0n) is 9.58. The summed E-state index contributed by atoms with van der Waals surface area (Å²) in [5, 5.41) is 7.94. The number of hydrogen-bond acceptors (Lipinski definition) is 2. The largest absolute Gasteiger partial charge is 0.455 e. The van der Waals surface area contributed by atoms with E-state index >= 15 is 0 Å². The van der Waals surface area contributed by atoms with Crippen molar-refractivity contribution >= 4 is 33.4 Å². The fourth-order valence-electron chi connectivity index (χ4n) is 1.48. The van der Waals surface area contributed by atoms with Gasteiger partial charge in [-0.2, -0.15) is 0 Å². The van der Waals surface area contributed by atoms with Crippen LogP contribution in [0.4, 0.5) is 4.39 Å². The second kappa shape index (κ2) is 5.59.